The summed E-state index contributed by atoms with van der Waals surface area (Å²) in [6.07, 6.45) is 11.7. The number of benzene rings is 1. The molecule has 0 saturated carbocycles. The molecule has 0 aliphatic heterocycles. The molecule has 0 radical (unpaired) electrons. The van der Waals surface area contributed by atoms with Crippen molar-refractivity contribution in [3.63, 3.8) is 0 Å². The van der Waals surface area contributed by atoms with Crippen LogP contribution in [-0.4, -0.2) is 0 Å². The van der Waals surface area contributed by atoms with Gasteiger partial charge in [0.05, 0.1) is 0 Å². The van der Waals surface area contributed by atoms with Gasteiger partial charge in [0.2, 0.25) is 0 Å². The fraction of sp³-hybridized carbons (Fsp3) is 0.647. The Morgan fingerprint density at radius 3 is 2.30 bits per heavy atom. The van der Waals surface area contributed by atoms with Gasteiger partial charge in [0.1, 0.15) is 0 Å². The molecule has 1 unspecified atom stereocenters. The molecule has 20 heavy (non-hydrogen) atoms. The normalized spacial score (nSPS) is 12.6. The van der Waals surface area contributed by atoms with E-state index < -0.39 is 0 Å². The molecule has 0 saturated heterocycles. The maximum atomic E-state index is 6.24. The van der Waals surface area contributed by atoms with Crippen molar-refractivity contribution in [3.05, 3.63) is 33.3 Å². The Labute approximate surface area is 137 Å². The monoisotopic (exact) mass is 359 g/mol. The first-order chi connectivity index (χ1) is 9.65. The van der Waals surface area contributed by atoms with E-state index in [-0.39, 0.29) is 6.04 Å². The summed E-state index contributed by atoms with van der Waals surface area (Å²) < 4.78 is 1.04. The van der Waals surface area contributed by atoms with Crippen molar-refractivity contribution in [1.29, 1.82) is 0 Å². The molecular weight excluding hydrogens is 334 g/mol. The third-order valence-electron chi connectivity index (χ3n) is 3.73. The standard InChI is InChI=1S/C17H27BrClN/c1-2-3-4-5-6-7-8-9-10-17(20)15-13-14(18)11-12-16(15)19/h11-13,17H,2-10,20H2,1H3. The highest BCUT2D eigenvalue weighted by Crippen LogP contribution is 2.28. The summed E-state index contributed by atoms with van der Waals surface area (Å²) in [5.74, 6) is 0. The molecule has 0 fully saturated rings. The lowest BCUT2D eigenvalue weighted by atomic mass is 10.00. The van der Waals surface area contributed by atoms with Gasteiger partial charge in [0.15, 0.2) is 0 Å². The van der Waals surface area contributed by atoms with Crippen LogP contribution in [0.1, 0.15) is 76.3 Å². The number of nitrogens with two attached hydrogens (primary N) is 1. The van der Waals surface area contributed by atoms with Gasteiger partial charge in [-0.15, -0.1) is 0 Å². The zero-order valence-corrected chi connectivity index (χ0v) is 14.8. The number of hydrogen-bond acceptors (Lipinski definition) is 1. The van der Waals surface area contributed by atoms with Crippen molar-refractivity contribution in [2.75, 3.05) is 0 Å². The summed E-state index contributed by atoms with van der Waals surface area (Å²) in [5, 5.41) is 0.778. The van der Waals surface area contributed by atoms with Crippen molar-refractivity contribution in [1.82, 2.24) is 0 Å². The summed E-state index contributed by atoms with van der Waals surface area (Å²) in [7, 11) is 0. The van der Waals surface area contributed by atoms with Crippen molar-refractivity contribution < 1.29 is 0 Å². The summed E-state index contributed by atoms with van der Waals surface area (Å²) in [4.78, 5) is 0. The van der Waals surface area contributed by atoms with Crippen LogP contribution in [0.4, 0.5) is 0 Å². The average molecular weight is 361 g/mol. The molecule has 0 aliphatic carbocycles. The Morgan fingerprint density at radius 1 is 1.05 bits per heavy atom. The highest BCUT2D eigenvalue weighted by atomic mass is 79.9. The van der Waals surface area contributed by atoms with Crippen molar-refractivity contribution in [3.8, 4) is 0 Å². The topological polar surface area (TPSA) is 26.0 Å². The van der Waals surface area contributed by atoms with Crippen molar-refractivity contribution in [2.45, 2.75) is 70.8 Å². The Balaban J connectivity index is 2.17. The van der Waals surface area contributed by atoms with Crippen LogP contribution in [0, 0.1) is 0 Å². The molecule has 1 atom stereocenters. The molecule has 0 aliphatic rings. The number of hydrogen-bond donors (Lipinski definition) is 1. The summed E-state index contributed by atoms with van der Waals surface area (Å²) in [5.41, 5.74) is 7.30. The third kappa shape index (κ3) is 7.10. The van der Waals surface area contributed by atoms with Gasteiger partial charge in [-0.2, -0.15) is 0 Å². The van der Waals surface area contributed by atoms with E-state index in [1.165, 1.54) is 51.4 Å². The molecule has 0 amide bonds. The van der Waals surface area contributed by atoms with Gasteiger partial charge < -0.3 is 5.73 Å². The summed E-state index contributed by atoms with van der Waals surface area (Å²) in [6.45, 7) is 2.26. The molecule has 1 aromatic carbocycles. The van der Waals surface area contributed by atoms with E-state index >= 15 is 0 Å². The lowest BCUT2D eigenvalue weighted by Gasteiger charge is -2.14. The van der Waals surface area contributed by atoms with Crippen LogP contribution in [0.3, 0.4) is 0 Å². The fourth-order valence-electron chi connectivity index (χ4n) is 2.45. The molecule has 0 bridgehead atoms. The lowest BCUT2D eigenvalue weighted by molar-refractivity contribution is 0.536. The van der Waals surface area contributed by atoms with Gasteiger partial charge in [0, 0.05) is 15.5 Å². The minimum Gasteiger partial charge on any atom is -0.324 e. The van der Waals surface area contributed by atoms with Crippen LogP contribution < -0.4 is 5.73 Å². The average Bonchev–Trinajstić information content (AvgIpc) is 2.44. The van der Waals surface area contributed by atoms with E-state index in [4.69, 9.17) is 17.3 Å². The predicted octanol–water partition coefficient (Wildman–Crippen LogP) is 6.63. The fourth-order valence-corrected chi connectivity index (χ4v) is 3.09. The molecule has 0 spiro atoms. The second-order valence-electron chi connectivity index (χ2n) is 5.54. The van der Waals surface area contributed by atoms with Crippen LogP contribution in [0.5, 0.6) is 0 Å². The van der Waals surface area contributed by atoms with Crippen LogP contribution in [0.2, 0.25) is 5.02 Å². The smallest absolute Gasteiger partial charge is 0.0454 e. The Bertz CT molecular complexity index is 381. The number of rotatable bonds is 10. The second kappa shape index (κ2) is 10.6. The van der Waals surface area contributed by atoms with E-state index in [1.54, 1.807) is 0 Å². The van der Waals surface area contributed by atoms with Gasteiger partial charge in [0.25, 0.3) is 0 Å². The quantitative estimate of drug-likeness (QED) is 0.465. The minimum absolute atomic E-state index is 0.0556. The van der Waals surface area contributed by atoms with E-state index in [9.17, 15) is 0 Å². The molecule has 1 rings (SSSR count). The molecule has 0 heterocycles. The largest absolute Gasteiger partial charge is 0.324 e. The zero-order chi connectivity index (χ0) is 14.8. The molecule has 2 N–H and O–H groups in total. The van der Waals surface area contributed by atoms with Crippen molar-refractivity contribution >= 4 is 27.5 Å². The second-order valence-corrected chi connectivity index (χ2v) is 6.86. The zero-order valence-electron chi connectivity index (χ0n) is 12.5. The first kappa shape index (κ1) is 18.0. The minimum atomic E-state index is 0.0556. The van der Waals surface area contributed by atoms with Crippen LogP contribution in [-0.2, 0) is 0 Å². The molecule has 114 valence electrons. The van der Waals surface area contributed by atoms with E-state index in [0.29, 0.717) is 0 Å². The predicted molar refractivity (Wildman–Crippen MR) is 93.3 cm³/mol. The SMILES string of the molecule is CCCCCCCCCCC(N)c1cc(Br)ccc1Cl. The molecule has 3 heteroatoms. The molecular formula is C17H27BrClN. The molecule has 1 aromatic rings. The van der Waals surface area contributed by atoms with Gasteiger partial charge in [-0.25, -0.2) is 0 Å². The van der Waals surface area contributed by atoms with E-state index in [2.05, 4.69) is 22.9 Å². The Hall–Kier alpha value is -0.0500. The highest BCUT2D eigenvalue weighted by Gasteiger charge is 2.10. The van der Waals surface area contributed by atoms with E-state index in [1.807, 2.05) is 18.2 Å². The first-order valence-corrected chi connectivity index (χ1v) is 9.02. The van der Waals surface area contributed by atoms with Crippen LogP contribution in [0.15, 0.2) is 22.7 Å². The molecule has 1 nitrogen and oxygen atoms in total. The van der Waals surface area contributed by atoms with Gasteiger partial charge >= 0.3 is 0 Å². The Kier molecular flexibility index (Phi) is 9.58. The highest BCUT2D eigenvalue weighted by molar-refractivity contribution is 9.10. The van der Waals surface area contributed by atoms with E-state index in [0.717, 1.165) is 21.5 Å². The number of unbranched alkanes of at least 4 members (excludes halogenated alkanes) is 7. The lowest BCUT2D eigenvalue weighted by Crippen LogP contribution is -2.10. The van der Waals surface area contributed by atoms with Crippen LogP contribution in [0.25, 0.3) is 0 Å². The van der Waals surface area contributed by atoms with Crippen LogP contribution >= 0.6 is 27.5 Å². The maximum absolute atomic E-state index is 6.24. The maximum Gasteiger partial charge on any atom is 0.0454 e. The summed E-state index contributed by atoms with van der Waals surface area (Å²) in [6, 6.07) is 5.96. The van der Waals surface area contributed by atoms with Gasteiger partial charge in [-0.3, -0.25) is 0 Å². The Morgan fingerprint density at radius 2 is 1.65 bits per heavy atom. The molecule has 0 aromatic heterocycles. The number of halogens is 2. The van der Waals surface area contributed by atoms with Gasteiger partial charge in [-0.05, 0) is 30.2 Å². The first-order valence-electron chi connectivity index (χ1n) is 7.85. The third-order valence-corrected chi connectivity index (χ3v) is 4.56. The van der Waals surface area contributed by atoms with Gasteiger partial charge in [-0.1, -0.05) is 85.8 Å². The van der Waals surface area contributed by atoms with Crippen molar-refractivity contribution in [2.24, 2.45) is 5.73 Å². The summed E-state index contributed by atoms with van der Waals surface area (Å²) >= 11 is 9.67.